The van der Waals surface area contributed by atoms with Crippen LogP contribution in [0.2, 0.25) is 0 Å². The summed E-state index contributed by atoms with van der Waals surface area (Å²) in [5.74, 6) is -0.0154. The molecule has 1 aliphatic heterocycles. The summed E-state index contributed by atoms with van der Waals surface area (Å²) < 4.78 is 38.4. The quantitative estimate of drug-likeness (QED) is 0.681. The fourth-order valence-electron chi connectivity index (χ4n) is 2.06. The Morgan fingerprint density at radius 2 is 2.05 bits per heavy atom. The number of carbonyl (C=O) groups excluding carboxylic acids is 1. The topological polar surface area (TPSA) is 20.3 Å². The Balaban J connectivity index is 2.39. The van der Waals surface area contributed by atoms with Crippen molar-refractivity contribution in [3.05, 3.63) is 28.2 Å². The molecule has 1 aromatic carbocycles. The highest BCUT2D eigenvalue weighted by Gasteiger charge is 2.36. The van der Waals surface area contributed by atoms with Crippen molar-refractivity contribution >= 4 is 43.5 Å². The van der Waals surface area contributed by atoms with Crippen molar-refractivity contribution in [1.29, 1.82) is 0 Å². The van der Waals surface area contributed by atoms with E-state index < -0.39 is 11.7 Å². The van der Waals surface area contributed by atoms with E-state index in [1.54, 1.807) is 0 Å². The van der Waals surface area contributed by atoms with Crippen LogP contribution in [0, 0.1) is 5.92 Å². The number of halogens is 5. The summed E-state index contributed by atoms with van der Waals surface area (Å²) in [4.78, 5) is 13.3. The zero-order valence-electron chi connectivity index (χ0n) is 9.68. The maximum atomic E-state index is 12.8. The van der Waals surface area contributed by atoms with Crippen molar-refractivity contribution in [2.24, 2.45) is 5.92 Å². The molecule has 1 atom stereocenters. The minimum absolute atomic E-state index is 0.0777. The van der Waals surface area contributed by atoms with Crippen LogP contribution in [-0.2, 0) is 11.0 Å². The third-order valence-electron chi connectivity index (χ3n) is 3.00. The fraction of sp³-hybridized carbons (Fsp3) is 0.417. The fourth-order valence-corrected chi connectivity index (χ4v) is 3.20. The van der Waals surface area contributed by atoms with Gasteiger partial charge in [-0.3, -0.25) is 4.79 Å². The molecule has 1 heterocycles. The molecule has 0 aliphatic carbocycles. The summed E-state index contributed by atoms with van der Waals surface area (Å²) in [5, 5.41) is 0.659. The molecule has 1 aliphatic rings. The first-order valence-corrected chi connectivity index (χ1v) is 7.48. The normalized spacial score (nSPS) is 20.2. The molecule has 2 nitrogen and oxygen atoms in total. The molecule has 1 amide bonds. The summed E-state index contributed by atoms with van der Waals surface area (Å²) >= 11 is 6.27. The standard InChI is InChI=1S/C12H10Br2F3NO/c13-5-7-4-10(19)18(6-7)9-3-1-2-8(11(9)14)12(15,16)17/h1-3,7H,4-6H2. The van der Waals surface area contributed by atoms with Gasteiger partial charge in [0, 0.05) is 18.3 Å². The Labute approximate surface area is 125 Å². The highest BCUT2D eigenvalue weighted by Crippen LogP contribution is 2.41. The number of carbonyl (C=O) groups is 1. The van der Waals surface area contributed by atoms with Gasteiger partial charge in [-0.1, -0.05) is 22.0 Å². The molecule has 0 bridgehead atoms. The lowest BCUT2D eigenvalue weighted by Crippen LogP contribution is -2.25. The summed E-state index contributed by atoms with van der Waals surface area (Å²) in [6, 6.07) is 3.83. The van der Waals surface area contributed by atoms with Gasteiger partial charge in [-0.15, -0.1) is 0 Å². The summed E-state index contributed by atoms with van der Waals surface area (Å²) in [6.07, 6.45) is -4.08. The second-order valence-corrected chi connectivity index (χ2v) is 5.81. The minimum atomic E-state index is -4.44. The van der Waals surface area contributed by atoms with E-state index in [9.17, 15) is 18.0 Å². The predicted octanol–water partition coefficient (Wildman–Crippen LogP) is 4.22. The Kier molecular flexibility index (Phi) is 4.25. The average Bonchev–Trinajstić information content (AvgIpc) is 2.69. The maximum absolute atomic E-state index is 12.8. The van der Waals surface area contributed by atoms with Crippen LogP contribution in [0.1, 0.15) is 12.0 Å². The van der Waals surface area contributed by atoms with Crippen LogP contribution in [0.5, 0.6) is 0 Å². The van der Waals surface area contributed by atoms with E-state index in [0.29, 0.717) is 18.3 Å². The average molecular weight is 401 g/mol. The van der Waals surface area contributed by atoms with Gasteiger partial charge >= 0.3 is 6.18 Å². The van der Waals surface area contributed by atoms with Crippen molar-refractivity contribution in [2.45, 2.75) is 12.6 Å². The predicted molar refractivity (Wildman–Crippen MR) is 73.4 cm³/mol. The first-order chi connectivity index (χ1) is 8.84. The summed E-state index contributed by atoms with van der Waals surface area (Å²) in [7, 11) is 0. The number of benzene rings is 1. The van der Waals surface area contributed by atoms with Crippen LogP contribution in [0.15, 0.2) is 22.7 Å². The first-order valence-electron chi connectivity index (χ1n) is 5.56. The zero-order valence-corrected chi connectivity index (χ0v) is 12.8. The lowest BCUT2D eigenvalue weighted by Gasteiger charge is -2.20. The van der Waals surface area contributed by atoms with E-state index in [-0.39, 0.29) is 22.0 Å². The Hall–Kier alpha value is -0.560. The second kappa shape index (κ2) is 5.44. The molecule has 0 saturated carbocycles. The van der Waals surface area contributed by atoms with Gasteiger partial charge in [0.1, 0.15) is 0 Å². The van der Waals surface area contributed by atoms with Crippen LogP contribution in [0.3, 0.4) is 0 Å². The van der Waals surface area contributed by atoms with Gasteiger partial charge in [0.2, 0.25) is 5.91 Å². The van der Waals surface area contributed by atoms with E-state index in [1.165, 1.54) is 17.0 Å². The molecule has 2 rings (SSSR count). The van der Waals surface area contributed by atoms with Crippen LogP contribution in [0.4, 0.5) is 18.9 Å². The van der Waals surface area contributed by atoms with E-state index in [4.69, 9.17) is 0 Å². The summed E-state index contributed by atoms with van der Waals surface area (Å²) in [6.45, 7) is 0.435. The van der Waals surface area contributed by atoms with Crippen LogP contribution >= 0.6 is 31.9 Å². The van der Waals surface area contributed by atoms with Crippen molar-refractivity contribution in [2.75, 3.05) is 16.8 Å². The van der Waals surface area contributed by atoms with Crippen molar-refractivity contribution < 1.29 is 18.0 Å². The van der Waals surface area contributed by atoms with Gasteiger partial charge in [0.05, 0.1) is 15.7 Å². The molecule has 1 fully saturated rings. The SMILES string of the molecule is O=C1CC(CBr)CN1c1cccc(C(F)(F)F)c1Br. The maximum Gasteiger partial charge on any atom is 0.417 e. The highest BCUT2D eigenvalue weighted by molar-refractivity contribution is 9.10. The number of rotatable bonds is 2. The highest BCUT2D eigenvalue weighted by atomic mass is 79.9. The molecule has 0 radical (unpaired) electrons. The third-order valence-corrected chi connectivity index (χ3v) is 4.75. The molecule has 7 heteroatoms. The number of hydrogen-bond donors (Lipinski definition) is 0. The molecule has 1 unspecified atom stereocenters. The van der Waals surface area contributed by atoms with Crippen LogP contribution in [0.25, 0.3) is 0 Å². The minimum Gasteiger partial charge on any atom is -0.311 e. The zero-order chi connectivity index (χ0) is 14.2. The molecule has 0 N–H and O–H groups in total. The monoisotopic (exact) mass is 399 g/mol. The molecule has 1 saturated heterocycles. The summed E-state index contributed by atoms with van der Waals surface area (Å²) in [5.41, 5.74) is -0.483. The number of nitrogens with zero attached hydrogens (tertiary/aromatic N) is 1. The van der Waals surface area contributed by atoms with Gasteiger partial charge in [-0.25, -0.2) is 0 Å². The Morgan fingerprint density at radius 3 is 2.58 bits per heavy atom. The number of alkyl halides is 4. The lowest BCUT2D eigenvalue weighted by atomic mass is 10.1. The third kappa shape index (κ3) is 2.97. The van der Waals surface area contributed by atoms with Crippen molar-refractivity contribution in [1.82, 2.24) is 0 Å². The van der Waals surface area contributed by atoms with Crippen LogP contribution in [-0.4, -0.2) is 17.8 Å². The molecular formula is C12H10Br2F3NO. The number of amides is 1. The molecular weight excluding hydrogens is 391 g/mol. The Morgan fingerprint density at radius 1 is 1.37 bits per heavy atom. The molecule has 104 valence electrons. The van der Waals surface area contributed by atoms with Gasteiger partial charge in [0.15, 0.2) is 0 Å². The molecule has 0 aromatic heterocycles. The van der Waals surface area contributed by atoms with E-state index in [2.05, 4.69) is 31.9 Å². The van der Waals surface area contributed by atoms with Gasteiger partial charge < -0.3 is 4.90 Å². The van der Waals surface area contributed by atoms with Gasteiger partial charge in [0.25, 0.3) is 0 Å². The van der Waals surface area contributed by atoms with Crippen molar-refractivity contribution in [3.63, 3.8) is 0 Å². The largest absolute Gasteiger partial charge is 0.417 e. The van der Waals surface area contributed by atoms with Crippen LogP contribution < -0.4 is 4.90 Å². The van der Waals surface area contributed by atoms with E-state index >= 15 is 0 Å². The number of hydrogen-bond acceptors (Lipinski definition) is 1. The lowest BCUT2D eigenvalue weighted by molar-refractivity contribution is -0.138. The second-order valence-electron chi connectivity index (χ2n) is 4.37. The first kappa shape index (κ1) is 14.8. The van der Waals surface area contributed by atoms with Gasteiger partial charge in [-0.05, 0) is 34.0 Å². The molecule has 0 spiro atoms. The molecule has 1 aromatic rings. The smallest absolute Gasteiger partial charge is 0.311 e. The van der Waals surface area contributed by atoms with E-state index in [0.717, 1.165) is 6.07 Å². The molecule has 19 heavy (non-hydrogen) atoms. The Bertz CT molecular complexity index is 504. The van der Waals surface area contributed by atoms with E-state index in [1.807, 2.05) is 0 Å². The van der Waals surface area contributed by atoms with Crippen molar-refractivity contribution in [3.8, 4) is 0 Å². The number of anilines is 1. The van der Waals surface area contributed by atoms with Gasteiger partial charge in [-0.2, -0.15) is 13.2 Å².